The number of aromatic amines is 1. The van der Waals surface area contributed by atoms with Crippen molar-refractivity contribution >= 4 is 17.7 Å². The molecule has 1 heterocycles. The zero-order valence-corrected chi connectivity index (χ0v) is 16.0. The van der Waals surface area contributed by atoms with Crippen molar-refractivity contribution in [3.63, 3.8) is 0 Å². The van der Waals surface area contributed by atoms with Crippen LogP contribution >= 0.6 is 0 Å². The number of rotatable bonds is 8. The lowest BCUT2D eigenvalue weighted by Crippen LogP contribution is -2.14. The number of H-pyrrole nitrogens is 1. The van der Waals surface area contributed by atoms with Gasteiger partial charge in [-0.05, 0) is 41.5 Å². The fourth-order valence-electron chi connectivity index (χ4n) is 3.31. The first-order chi connectivity index (χ1) is 14.1. The van der Waals surface area contributed by atoms with Crippen LogP contribution in [0, 0.1) is 0 Å². The van der Waals surface area contributed by atoms with Crippen molar-refractivity contribution in [2.24, 2.45) is 0 Å². The molecule has 6 heteroatoms. The molecule has 0 unspecified atom stereocenters. The Hall–Kier alpha value is -3.41. The summed E-state index contributed by atoms with van der Waals surface area (Å²) in [7, 11) is 0. The van der Waals surface area contributed by atoms with Gasteiger partial charge in [-0.15, -0.1) is 0 Å². The highest BCUT2D eigenvalue weighted by Crippen LogP contribution is 2.39. The average Bonchev–Trinajstić information content (AvgIpc) is 3.47. The molecule has 1 aliphatic rings. The molecule has 1 saturated carbocycles. The lowest BCUT2D eigenvalue weighted by atomic mass is 10.0. The Kier molecular flexibility index (Phi) is 5.42. The molecule has 1 fully saturated rings. The van der Waals surface area contributed by atoms with Crippen LogP contribution in [-0.4, -0.2) is 27.2 Å². The van der Waals surface area contributed by atoms with Gasteiger partial charge in [0.1, 0.15) is 0 Å². The van der Waals surface area contributed by atoms with Gasteiger partial charge in [-0.1, -0.05) is 48.5 Å². The van der Waals surface area contributed by atoms with Crippen LogP contribution in [0.5, 0.6) is 0 Å². The second kappa shape index (κ2) is 8.31. The monoisotopic (exact) mass is 389 g/mol. The first-order valence-electron chi connectivity index (χ1n) is 9.82. The molecule has 6 nitrogen and oxygen atoms in total. The first-order valence-corrected chi connectivity index (χ1v) is 9.82. The van der Waals surface area contributed by atoms with Crippen LogP contribution in [-0.2, 0) is 22.4 Å². The summed E-state index contributed by atoms with van der Waals surface area (Å²) in [5, 5.41) is 18.8. The van der Waals surface area contributed by atoms with Gasteiger partial charge in [0.25, 0.3) is 0 Å². The third kappa shape index (κ3) is 5.10. The van der Waals surface area contributed by atoms with Crippen molar-refractivity contribution in [3.8, 4) is 11.1 Å². The summed E-state index contributed by atoms with van der Waals surface area (Å²) in [5.74, 6) is 0.280. The van der Waals surface area contributed by atoms with E-state index in [2.05, 4.69) is 15.5 Å². The molecular weight excluding hydrogens is 366 g/mol. The third-order valence-electron chi connectivity index (χ3n) is 5.12. The molecule has 3 N–H and O–H groups in total. The number of benzene rings is 2. The van der Waals surface area contributed by atoms with Crippen molar-refractivity contribution in [1.29, 1.82) is 0 Å². The number of nitrogens with one attached hydrogen (secondary N) is 2. The molecule has 148 valence electrons. The molecular formula is C23H23N3O3. The standard InChI is InChI=1S/C23H23N3O3/c27-22(24-21-14-20(25-26-21)19-10-11-19)13-16-3-8-18(9-4-16)17-6-1-15(2-7-17)5-12-23(28)29/h1-4,6-9,14,19H,5,10-13H2,(H,28,29)(H2,24,25,26,27). The van der Waals surface area contributed by atoms with Crippen LogP contribution in [0.15, 0.2) is 54.6 Å². The lowest BCUT2D eigenvalue weighted by molar-refractivity contribution is -0.137. The number of nitrogens with zero attached hydrogens (tertiary/aromatic N) is 1. The summed E-state index contributed by atoms with van der Waals surface area (Å²) in [6.45, 7) is 0. The molecule has 0 spiro atoms. The van der Waals surface area contributed by atoms with Gasteiger partial charge in [-0.3, -0.25) is 14.7 Å². The zero-order valence-electron chi connectivity index (χ0n) is 16.0. The Balaban J connectivity index is 1.33. The van der Waals surface area contributed by atoms with Crippen LogP contribution in [0.1, 0.15) is 42.0 Å². The van der Waals surface area contributed by atoms with Gasteiger partial charge >= 0.3 is 5.97 Å². The highest BCUT2D eigenvalue weighted by Gasteiger charge is 2.25. The highest BCUT2D eigenvalue weighted by atomic mass is 16.4. The summed E-state index contributed by atoms with van der Waals surface area (Å²) in [5.41, 5.74) is 5.15. The van der Waals surface area contributed by atoms with Gasteiger partial charge < -0.3 is 10.4 Å². The predicted octanol–water partition coefficient (Wildman–Crippen LogP) is 4.15. The fourth-order valence-corrected chi connectivity index (χ4v) is 3.31. The number of carboxylic acids is 1. The van der Waals surface area contributed by atoms with E-state index in [9.17, 15) is 9.59 Å². The molecule has 4 rings (SSSR count). The molecule has 1 amide bonds. The second-order valence-corrected chi connectivity index (χ2v) is 7.50. The van der Waals surface area contributed by atoms with Crippen LogP contribution < -0.4 is 5.32 Å². The molecule has 0 radical (unpaired) electrons. The van der Waals surface area contributed by atoms with Crippen molar-refractivity contribution < 1.29 is 14.7 Å². The van der Waals surface area contributed by atoms with Crippen LogP contribution in [0.2, 0.25) is 0 Å². The number of aliphatic carboxylic acids is 1. The van der Waals surface area contributed by atoms with E-state index in [1.165, 1.54) is 12.8 Å². The molecule has 1 aliphatic carbocycles. The first kappa shape index (κ1) is 18.9. The molecule has 3 aromatic rings. The number of carbonyl (C=O) groups is 2. The van der Waals surface area contributed by atoms with Crippen molar-refractivity contribution in [2.45, 2.75) is 38.0 Å². The molecule has 0 aliphatic heterocycles. The SMILES string of the molecule is O=C(O)CCc1ccc(-c2ccc(CC(=O)Nc3cc(C4CC4)[nH]n3)cc2)cc1. The summed E-state index contributed by atoms with van der Waals surface area (Å²) in [6, 6.07) is 17.7. The van der Waals surface area contributed by atoms with Crippen molar-refractivity contribution in [1.82, 2.24) is 10.2 Å². The summed E-state index contributed by atoms with van der Waals surface area (Å²) in [4.78, 5) is 22.9. The van der Waals surface area contributed by atoms with Gasteiger partial charge in [-0.25, -0.2) is 0 Å². The van der Waals surface area contributed by atoms with Gasteiger partial charge in [0.2, 0.25) is 5.91 Å². The summed E-state index contributed by atoms with van der Waals surface area (Å²) in [6.07, 6.45) is 3.33. The molecule has 0 atom stereocenters. The molecule has 0 saturated heterocycles. The lowest BCUT2D eigenvalue weighted by Gasteiger charge is -2.06. The van der Waals surface area contributed by atoms with E-state index in [4.69, 9.17) is 5.11 Å². The van der Waals surface area contributed by atoms with Crippen molar-refractivity contribution in [3.05, 3.63) is 71.4 Å². The Morgan fingerprint density at radius 2 is 1.62 bits per heavy atom. The highest BCUT2D eigenvalue weighted by molar-refractivity contribution is 5.91. The van der Waals surface area contributed by atoms with Gasteiger partial charge in [0.15, 0.2) is 5.82 Å². The molecule has 0 bridgehead atoms. The van der Waals surface area contributed by atoms with Crippen LogP contribution in [0.25, 0.3) is 11.1 Å². The maximum absolute atomic E-state index is 12.3. The van der Waals surface area contributed by atoms with E-state index in [1.807, 2.05) is 54.6 Å². The quantitative estimate of drug-likeness (QED) is 0.539. The maximum atomic E-state index is 12.3. The summed E-state index contributed by atoms with van der Waals surface area (Å²) < 4.78 is 0. The fraction of sp³-hybridized carbons (Fsp3) is 0.261. The van der Waals surface area contributed by atoms with E-state index >= 15 is 0 Å². The van der Waals surface area contributed by atoms with Crippen LogP contribution in [0.4, 0.5) is 5.82 Å². The third-order valence-corrected chi connectivity index (χ3v) is 5.12. The minimum Gasteiger partial charge on any atom is -0.481 e. The Bertz CT molecular complexity index is 1000. The van der Waals surface area contributed by atoms with Gasteiger partial charge in [0, 0.05) is 24.1 Å². The minimum atomic E-state index is -0.788. The predicted molar refractivity (Wildman–Crippen MR) is 111 cm³/mol. The zero-order chi connectivity index (χ0) is 20.2. The van der Waals surface area contributed by atoms with E-state index in [-0.39, 0.29) is 12.3 Å². The number of carbonyl (C=O) groups excluding carboxylic acids is 1. The second-order valence-electron chi connectivity index (χ2n) is 7.50. The Morgan fingerprint density at radius 1 is 1.00 bits per heavy atom. The molecule has 2 aromatic carbocycles. The average molecular weight is 389 g/mol. The van der Waals surface area contributed by atoms with Gasteiger partial charge in [-0.2, -0.15) is 5.10 Å². The van der Waals surface area contributed by atoms with Crippen molar-refractivity contribution in [2.75, 3.05) is 5.32 Å². The number of anilines is 1. The van der Waals surface area contributed by atoms with E-state index in [0.29, 0.717) is 24.6 Å². The number of carboxylic acid groups (broad SMARTS) is 1. The smallest absolute Gasteiger partial charge is 0.303 e. The van der Waals surface area contributed by atoms with Crippen LogP contribution in [0.3, 0.4) is 0 Å². The normalized spacial score (nSPS) is 13.2. The van der Waals surface area contributed by atoms with Gasteiger partial charge in [0.05, 0.1) is 6.42 Å². The molecule has 1 aromatic heterocycles. The van der Waals surface area contributed by atoms with E-state index in [1.54, 1.807) is 0 Å². The number of hydrogen-bond donors (Lipinski definition) is 3. The minimum absolute atomic E-state index is 0.0885. The largest absolute Gasteiger partial charge is 0.481 e. The van der Waals surface area contributed by atoms with E-state index in [0.717, 1.165) is 27.9 Å². The summed E-state index contributed by atoms with van der Waals surface area (Å²) >= 11 is 0. The Labute approximate surface area is 169 Å². The number of aryl methyl sites for hydroxylation is 1. The number of hydrogen-bond acceptors (Lipinski definition) is 3. The maximum Gasteiger partial charge on any atom is 0.303 e. The number of aromatic nitrogens is 2. The Morgan fingerprint density at radius 3 is 2.21 bits per heavy atom. The molecule has 29 heavy (non-hydrogen) atoms. The number of amides is 1. The topological polar surface area (TPSA) is 95.1 Å². The van der Waals surface area contributed by atoms with E-state index < -0.39 is 5.97 Å².